The Balaban J connectivity index is 1.54. The molecule has 2 aliphatic rings. The van der Waals surface area contributed by atoms with Crippen molar-refractivity contribution >= 4 is 11.3 Å². The highest BCUT2D eigenvalue weighted by molar-refractivity contribution is 7.07. The highest BCUT2D eigenvalue weighted by atomic mass is 32.1. The second-order valence-corrected chi connectivity index (χ2v) is 5.67. The minimum atomic E-state index is -0.189. The van der Waals surface area contributed by atoms with Crippen molar-refractivity contribution in [1.29, 1.82) is 0 Å². The highest BCUT2D eigenvalue weighted by Gasteiger charge is 2.40. The van der Waals surface area contributed by atoms with Crippen LogP contribution in [0.25, 0.3) is 0 Å². The summed E-state index contributed by atoms with van der Waals surface area (Å²) in [6, 6.07) is 2.25. The Labute approximate surface area is 101 Å². The van der Waals surface area contributed by atoms with E-state index in [-0.39, 0.29) is 5.79 Å². The zero-order chi connectivity index (χ0) is 10.8. The fourth-order valence-corrected chi connectivity index (χ4v) is 3.53. The van der Waals surface area contributed by atoms with Gasteiger partial charge in [0.1, 0.15) is 0 Å². The van der Waals surface area contributed by atoms with Crippen LogP contribution in [-0.4, -0.2) is 19.0 Å². The van der Waals surface area contributed by atoms with Gasteiger partial charge >= 0.3 is 0 Å². The van der Waals surface area contributed by atoms with Crippen molar-refractivity contribution in [2.45, 2.75) is 37.9 Å². The van der Waals surface area contributed by atoms with Crippen LogP contribution >= 0.6 is 11.3 Å². The summed E-state index contributed by atoms with van der Waals surface area (Å²) in [4.78, 5) is 0. The van der Waals surface area contributed by atoms with Crippen LogP contribution in [0.1, 0.15) is 31.2 Å². The van der Waals surface area contributed by atoms with Gasteiger partial charge in [0.05, 0.1) is 13.2 Å². The fourth-order valence-electron chi connectivity index (χ4n) is 2.85. The fraction of sp³-hybridized carbons (Fsp3) is 0.692. The van der Waals surface area contributed by atoms with E-state index in [0.717, 1.165) is 32.0 Å². The summed E-state index contributed by atoms with van der Waals surface area (Å²) < 4.78 is 11.5. The van der Waals surface area contributed by atoms with E-state index in [2.05, 4.69) is 16.8 Å². The maximum absolute atomic E-state index is 5.74. The van der Waals surface area contributed by atoms with Crippen molar-refractivity contribution in [3.8, 4) is 0 Å². The van der Waals surface area contributed by atoms with Crippen LogP contribution in [0.2, 0.25) is 0 Å². The van der Waals surface area contributed by atoms with Crippen LogP contribution in [0.5, 0.6) is 0 Å². The predicted molar refractivity (Wildman–Crippen MR) is 64.6 cm³/mol. The Morgan fingerprint density at radius 1 is 1.25 bits per heavy atom. The Bertz CT molecular complexity index is 318. The number of hydrogen-bond donors (Lipinski definition) is 0. The Morgan fingerprint density at radius 2 is 2.00 bits per heavy atom. The van der Waals surface area contributed by atoms with Gasteiger partial charge in [0, 0.05) is 12.8 Å². The molecule has 1 aliphatic heterocycles. The Morgan fingerprint density at radius 3 is 2.62 bits per heavy atom. The topological polar surface area (TPSA) is 18.5 Å². The van der Waals surface area contributed by atoms with E-state index in [1.165, 1.54) is 24.8 Å². The molecule has 0 atom stereocenters. The molecule has 16 heavy (non-hydrogen) atoms. The second-order valence-electron chi connectivity index (χ2n) is 4.89. The first kappa shape index (κ1) is 10.8. The molecule has 1 spiro atoms. The first-order valence-corrected chi connectivity index (χ1v) is 7.10. The molecule has 88 valence electrons. The summed E-state index contributed by atoms with van der Waals surface area (Å²) in [5, 5.41) is 4.44. The normalized spacial score (nSPS) is 25.2. The molecule has 0 N–H and O–H groups in total. The molecular weight excluding hydrogens is 220 g/mol. The van der Waals surface area contributed by atoms with Crippen molar-refractivity contribution in [1.82, 2.24) is 0 Å². The molecule has 1 aliphatic carbocycles. The first-order valence-electron chi connectivity index (χ1n) is 6.15. The molecule has 0 bridgehead atoms. The molecule has 1 aromatic rings. The number of hydrogen-bond acceptors (Lipinski definition) is 3. The van der Waals surface area contributed by atoms with E-state index in [1.807, 2.05) is 0 Å². The average molecular weight is 238 g/mol. The van der Waals surface area contributed by atoms with Crippen LogP contribution in [0.3, 0.4) is 0 Å². The van der Waals surface area contributed by atoms with Gasteiger partial charge in [-0.1, -0.05) is 0 Å². The number of thiophene rings is 1. The third-order valence-corrected chi connectivity index (χ3v) is 4.52. The minimum absolute atomic E-state index is 0.189. The van der Waals surface area contributed by atoms with Gasteiger partial charge in [0.15, 0.2) is 5.79 Å². The predicted octanol–water partition coefficient (Wildman–Crippen LogP) is 3.22. The number of rotatable bonds is 2. The third kappa shape index (κ3) is 2.17. The summed E-state index contributed by atoms with van der Waals surface area (Å²) in [6.45, 7) is 1.57. The molecule has 2 heterocycles. The van der Waals surface area contributed by atoms with Crippen molar-refractivity contribution in [3.05, 3.63) is 22.4 Å². The van der Waals surface area contributed by atoms with Gasteiger partial charge in [0.2, 0.25) is 0 Å². The van der Waals surface area contributed by atoms with Crippen molar-refractivity contribution in [2.24, 2.45) is 5.92 Å². The van der Waals surface area contributed by atoms with E-state index in [9.17, 15) is 0 Å². The lowest BCUT2D eigenvalue weighted by Crippen LogP contribution is -2.35. The van der Waals surface area contributed by atoms with E-state index in [0.29, 0.717) is 0 Å². The van der Waals surface area contributed by atoms with E-state index in [4.69, 9.17) is 9.47 Å². The SMILES string of the molecule is c1cc(CC2CCC3(CC2)OCCO3)cs1. The summed E-state index contributed by atoms with van der Waals surface area (Å²) in [7, 11) is 0. The van der Waals surface area contributed by atoms with E-state index >= 15 is 0 Å². The molecule has 2 nitrogen and oxygen atoms in total. The molecule has 0 aromatic carbocycles. The van der Waals surface area contributed by atoms with Crippen LogP contribution < -0.4 is 0 Å². The lowest BCUT2D eigenvalue weighted by atomic mass is 9.82. The molecular formula is C13H18O2S. The Kier molecular flexibility index (Phi) is 3.01. The van der Waals surface area contributed by atoms with Gasteiger partial charge in [-0.2, -0.15) is 11.3 Å². The summed E-state index contributed by atoms with van der Waals surface area (Å²) in [6.07, 6.45) is 5.90. The summed E-state index contributed by atoms with van der Waals surface area (Å²) >= 11 is 1.80. The number of ether oxygens (including phenoxy) is 2. The molecule has 1 saturated carbocycles. The quantitative estimate of drug-likeness (QED) is 0.787. The molecule has 1 saturated heterocycles. The zero-order valence-corrected chi connectivity index (χ0v) is 10.3. The monoisotopic (exact) mass is 238 g/mol. The molecule has 0 amide bonds. The van der Waals surface area contributed by atoms with Crippen LogP contribution in [-0.2, 0) is 15.9 Å². The van der Waals surface area contributed by atoms with Gasteiger partial charge < -0.3 is 9.47 Å². The van der Waals surface area contributed by atoms with Crippen molar-refractivity contribution in [3.63, 3.8) is 0 Å². The molecule has 1 aromatic heterocycles. The largest absolute Gasteiger partial charge is 0.348 e. The molecule has 0 unspecified atom stereocenters. The van der Waals surface area contributed by atoms with Crippen LogP contribution in [0, 0.1) is 5.92 Å². The van der Waals surface area contributed by atoms with Crippen molar-refractivity contribution in [2.75, 3.05) is 13.2 Å². The molecule has 0 radical (unpaired) electrons. The molecule has 2 fully saturated rings. The standard InChI is InChI=1S/C13H18O2S/c1-4-13(14-6-7-15-13)5-2-11(1)9-12-3-8-16-10-12/h3,8,10-11H,1-2,4-7,9H2. The molecule has 3 rings (SSSR count). The highest BCUT2D eigenvalue weighted by Crippen LogP contribution is 2.39. The van der Waals surface area contributed by atoms with Gasteiger partial charge in [0.25, 0.3) is 0 Å². The summed E-state index contributed by atoms with van der Waals surface area (Å²) in [5.74, 6) is 0.638. The lowest BCUT2D eigenvalue weighted by Gasteiger charge is -2.35. The first-order chi connectivity index (χ1) is 7.86. The zero-order valence-electron chi connectivity index (χ0n) is 9.48. The minimum Gasteiger partial charge on any atom is -0.348 e. The lowest BCUT2D eigenvalue weighted by molar-refractivity contribution is -0.182. The summed E-state index contributed by atoms with van der Waals surface area (Å²) in [5.41, 5.74) is 1.50. The van der Waals surface area contributed by atoms with Crippen LogP contribution in [0.4, 0.5) is 0 Å². The van der Waals surface area contributed by atoms with Gasteiger partial charge in [-0.05, 0) is 47.6 Å². The van der Waals surface area contributed by atoms with E-state index in [1.54, 1.807) is 11.3 Å². The molecule has 3 heteroatoms. The average Bonchev–Trinajstić information content (AvgIpc) is 2.94. The maximum atomic E-state index is 5.74. The van der Waals surface area contributed by atoms with E-state index < -0.39 is 0 Å². The van der Waals surface area contributed by atoms with Gasteiger partial charge in [-0.3, -0.25) is 0 Å². The third-order valence-electron chi connectivity index (χ3n) is 3.79. The second kappa shape index (κ2) is 4.47. The van der Waals surface area contributed by atoms with Crippen molar-refractivity contribution < 1.29 is 9.47 Å². The Hall–Kier alpha value is -0.380. The smallest absolute Gasteiger partial charge is 0.168 e. The maximum Gasteiger partial charge on any atom is 0.168 e. The van der Waals surface area contributed by atoms with Gasteiger partial charge in [-0.25, -0.2) is 0 Å². The van der Waals surface area contributed by atoms with Gasteiger partial charge in [-0.15, -0.1) is 0 Å². The van der Waals surface area contributed by atoms with Crippen LogP contribution in [0.15, 0.2) is 16.8 Å².